The van der Waals surface area contributed by atoms with Gasteiger partial charge in [0.05, 0.1) is 0 Å². The Morgan fingerprint density at radius 3 is 2.83 bits per heavy atom. The normalized spacial score (nSPS) is 27.1. The highest BCUT2D eigenvalue weighted by Crippen LogP contribution is 2.35. The fraction of sp³-hybridized carbons (Fsp3) is 0.632. The van der Waals surface area contributed by atoms with Crippen molar-refractivity contribution in [3.8, 4) is 0 Å². The molecule has 2 aliphatic heterocycles. The van der Waals surface area contributed by atoms with E-state index in [1.54, 1.807) is 6.20 Å². The summed E-state index contributed by atoms with van der Waals surface area (Å²) in [5, 5.41) is 0. The maximum Gasteiger partial charge on any atom is 0.225 e. The zero-order chi connectivity index (χ0) is 16.5. The van der Waals surface area contributed by atoms with Gasteiger partial charge in [-0.2, -0.15) is 0 Å². The van der Waals surface area contributed by atoms with Crippen molar-refractivity contribution < 1.29 is 9.59 Å². The van der Waals surface area contributed by atoms with Crippen LogP contribution >= 0.6 is 0 Å². The van der Waals surface area contributed by atoms with Gasteiger partial charge in [-0.25, -0.2) is 0 Å². The number of carbonyl (C=O) groups is 2. The Hall–Kier alpha value is -1.91. The van der Waals surface area contributed by atoms with Crippen LogP contribution in [0.4, 0.5) is 0 Å². The summed E-state index contributed by atoms with van der Waals surface area (Å²) < 4.78 is 0. The van der Waals surface area contributed by atoms with Gasteiger partial charge in [-0.05, 0) is 43.7 Å². The molecule has 1 aromatic heterocycles. The highest BCUT2D eigenvalue weighted by atomic mass is 16.2. The van der Waals surface area contributed by atoms with Crippen molar-refractivity contribution in [2.24, 2.45) is 11.8 Å². The molecule has 4 rings (SSSR count). The smallest absolute Gasteiger partial charge is 0.225 e. The van der Waals surface area contributed by atoms with Gasteiger partial charge < -0.3 is 9.80 Å². The molecular weight excluding hydrogens is 302 g/mol. The first-order valence-electron chi connectivity index (χ1n) is 9.20. The minimum absolute atomic E-state index is 0.272. The zero-order valence-electron chi connectivity index (χ0n) is 14.1. The van der Waals surface area contributed by atoms with Crippen LogP contribution in [0.3, 0.4) is 0 Å². The summed E-state index contributed by atoms with van der Waals surface area (Å²) in [4.78, 5) is 33.3. The number of piperidine rings is 2. The molecule has 0 N–H and O–H groups in total. The van der Waals surface area contributed by atoms with Crippen molar-refractivity contribution in [1.82, 2.24) is 14.8 Å². The van der Waals surface area contributed by atoms with Crippen LogP contribution in [0.2, 0.25) is 0 Å². The second-order valence-corrected chi connectivity index (χ2v) is 7.37. The van der Waals surface area contributed by atoms with Crippen LogP contribution < -0.4 is 0 Å². The summed E-state index contributed by atoms with van der Waals surface area (Å²) in [7, 11) is 0. The third kappa shape index (κ3) is 3.17. The van der Waals surface area contributed by atoms with Gasteiger partial charge in [-0.15, -0.1) is 0 Å². The predicted molar refractivity (Wildman–Crippen MR) is 90.1 cm³/mol. The van der Waals surface area contributed by atoms with Gasteiger partial charge in [0.2, 0.25) is 11.8 Å². The molecule has 2 saturated heterocycles. The average Bonchev–Trinajstić information content (AvgIpc) is 3.46. The minimum Gasteiger partial charge on any atom is -0.342 e. The molecule has 0 aromatic carbocycles. The Balaban J connectivity index is 1.39. The van der Waals surface area contributed by atoms with Gasteiger partial charge in [0.1, 0.15) is 0 Å². The molecule has 2 amide bonds. The number of nitrogens with zero attached hydrogens (tertiary/aromatic N) is 3. The lowest BCUT2D eigenvalue weighted by atomic mass is 9.83. The molecule has 5 nitrogen and oxygen atoms in total. The topological polar surface area (TPSA) is 53.5 Å². The van der Waals surface area contributed by atoms with E-state index < -0.39 is 0 Å². The quantitative estimate of drug-likeness (QED) is 0.848. The standard InChI is InChI=1S/C19H25N3O2/c23-18-7-6-15-13-21(19(24)14-4-5-14)11-9-17(15)22(18)12-8-16-3-1-2-10-20-16/h1-3,10,14-15,17H,4-9,11-13H2/t15-,17+/m0/s1. The predicted octanol–water partition coefficient (Wildman–Crippen LogP) is 1.87. The van der Waals surface area contributed by atoms with Gasteiger partial charge in [-0.1, -0.05) is 6.07 Å². The van der Waals surface area contributed by atoms with Crippen molar-refractivity contribution >= 4 is 11.8 Å². The lowest BCUT2D eigenvalue weighted by Crippen LogP contribution is -2.57. The number of carbonyl (C=O) groups excluding carboxylic acids is 2. The molecule has 128 valence electrons. The summed E-state index contributed by atoms with van der Waals surface area (Å²) >= 11 is 0. The lowest BCUT2D eigenvalue weighted by molar-refractivity contribution is -0.144. The van der Waals surface area contributed by atoms with Crippen molar-refractivity contribution in [3.63, 3.8) is 0 Å². The number of amides is 2. The van der Waals surface area contributed by atoms with Crippen LogP contribution in [0, 0.1) is 11.8 Å². The number of rotatable bonds is 4. The molecule has 1 saturated carbocycles. The third-order valence-electron chi connectivity index (χ3n) is 5.72. The van der Waals surface area contributed by atoms with Crippen LogP contribution in [0.25, 0.3) is 0 Å². The Bertz CT molecular complexity index is 614. The van der Waals surface area contributed by atoms with Gasteiger partial charge in [0.25, 0.3) is 0 Å². The summed E-state index contributed by atoms with van der Waals surface area (Å²) in [6, 6.07) is 6.23. The Morgan fingerprint density at radius 2 is 2.08 bits per heavy atom. The highest BCUT2D eigenvalue weighted by Gasteiger charge is 2.42. The molecule has 5 heteroatoms. The minimum atomic E-state index is 0.272. The van der Waals surface area contributed by atoms with Gasteiger partial charge >= 0.3 is 0 Å². The van der Waals surface area contributed by atoms with Crippen molar-refractivity contribution in [3.05, 3.63) is 30.1 Å². The SMILES string of the molecule is O=C(C1CC1)N1CC[C@@H]2[C@@H](CCC(=O)N2CCc2ccccn2)C1. The van der Waals surface area contributed by atoms with Crippen LogP contribution in [-0.2, 0) is 16.0 Å². The number of hydrogen-bond acceptors (Lipinski definition) is 3. The number of aromatic nitrogens is 1. The van der Waals surface area contributed by atoms with Crippen molar-refractivity contribution in [1.29, 1.82) is 0 Å². The molecule has 24 heavy (non-hydrogen) atoms. The van der Waals surface area contributed by atoms with E-state index in [-0.39, 0.29) is 5.91 Å². The Kier molecular flexibility index (Phi) is 4.25. The number of pyridine rings is 1. The molecule has 3 fully saturated rings. The second kappa shape index (κ2) is 6.54. The Morgan fingerprint density at radius 1 is 1.21 bits per heavy atom. The van der Waals surface area contributed by atoms with Gasteiger partial charge in [-0.3, -0.25) is 14.6 Å². The molecule has 0 unspecified atom stereocenters. The number of fused-ring (bicyclic) bond motifs is 1. The summed E-state index contributed by atoms with van der Waals surface area (Å²) in [5.74, 6) is 1.37. The largest absolute Gasteiger partial charge is 0.342 e. The molecule has 2 atom stereocenters. The van der Waals surface area contributed by atoms with E-state index in [4.69, 9.17) is 0 Å². The fourth-order valence-corrected chi connectivity index (χ4v) is 4.21. The zero-order valence-corrected chi connectivity index (χ0v) is 14.1. The molecule has 0 bridgehead atoms. The summed E-state index contributed by atoms with van der Waals surface area (Å²) in [5.41, 5.74) is 1.04. The average molecular weight is 327 g/mol. The number of likely N-dealkylation sites (tertiary alicyclic amines) is 2. The monoisotopic (exact) mass is 327 g/mol. The molecule has 3 aliphatic rings. The van der Waals surface area contributed by atoms with Crippen LogP contribution in [0.5, 0.6) is 0 Å². The Labute approximate surface area is 143 Å². The molecular formula is C19H25N3O2. The van der Waals surface area contributed by atoms with Crippen LogP contribution in [-0.4, -0.2) is 52.3 Å². The maximum atomic E-state index is 12.4. The van der Waals surface area contributed by atoms with Gasteiger partial charge in [0.15, 0.2) is 0 Å². The first-order valence-corrected chi connectivity index (χ1v) is 9.20. The molecule has 0 radical (unpaired) electrons. The van der Waals surface area contributed by atoms with E-state index in [1.807, 2.05) is 18.2 Å². The molecule has 1 aromatic rings. The lowest BCUT2D eigenvalue weighted by Gasteiger charge is -2.47. The third-order valence-corrected chi connectivity index (χ3v) is 5.72. The van der Waals surface area contributed by atoms with E-state index in [2.05, 4.69) is 14.8 Å². The van der Waals surface area contributed by atoms with E-state index in [1.165, 1.54) is 0 Å². The van der Waals surface area contributed by atoms with Crippen molar-refractivity contribution in [2.45, 2.75) is 44.6 Å². The molecule has 0 spiro atoms. The molecule has 1 aliphatic carbocycles. The van der Waals surface area contributed by atoms with Gasteiger partial charge in [0, 0.05) is 56.3 Å². The first kappa shape index (κ1) is 15.6. The van der Waals surface area contributed by atoms with Crippen LogP contribution in [0.1, 0.15) is 37.8 Å². The fourth-order valence-electron chi connectivity index (χ4n) is 4.21. The molecule has 3 heterocycles. The van der Waals surface area contributed by atoms with E-state index in [0.29, 0.717) is 30.2 Å². The number of hydrogen-bond donors (Lipinski definition) is 0. The summed E-state index contributed by atoms with van der Waals surface area (Å²) in [6.45, 7) is 2.39. The summed E-state index contributed by atoms with van der Waals surface area (Å²) in [6.07, 6.45) is 7.22. The maximum absolute atomic E-state index is 12.4. The van der Waals surface area contributed by atoms with E-state index in [9.17, 15) is 9.59 Å². The van der Waals surface area contributed by atoms with E-state index in [0.717, 1.165) is 57.4 Å². The van der Waals surface area contributed by atoms with Crippen LogP contribution in [0.15, 0.2) is 24.4 Å². The van der Waals surface area contributed by atoms with E-state index >= 15 is 0 Å². The first-order chi connectivity index (χ1) is 11.7. The second-order valence-electron chi connectivity index (χ2n) is 7.37. The van der Waals surface area contributed by atoms with Crippen molar-refractivity contribution in [2.75, 3.05) is 19.6 Å². The highest BCUT2D eigenvalue weighted by molar-refractivity contribution is 5.81.